The molecule has 0 saturated heterocycles. The van der Waals surface area contributed by atoms with Crippen LogP contribution in [0.15, 0.2) is 66.7 Å². The molecular formula is C32H44N6O6S. The lowest BCUT2D eigenvalue weighted by Gasteiger charge is -2.33. The third-order valence-corrected chi connectivity index (χ3v) is 8.53. The molecule has 12 nitrogen and oxygen atoms in total. The Kier molecular flexibility index (Phi) is 12.2. The van der Waals surface area contributed by atoms with Gasteiger partial charge in [0.25, 0.3) is 16.1 Å². The third kappa shape index (κ3) is 11.2. The van der Waals surface area contributed by atoms with E-state index in [0.717, 1.165) is 15.3 Å². The van der Waals surface area contributed by atoms with Gasteiger partial charge < -0.3 is 21.5 Å². The molecule has 244 valence electrons. The second-order valence-electron chi connectivity index (χ2n) is 12.5. The molecule has 0 aliphatic rings. The molecule has 2 aromatic carbocycles. The van der Waals surface area contributed by atoms with E-state index in [1.807, 2.05) is 44.2 Å². The van der Waals surface area contributed by atoms with E-state index in [1.54, 1.807) is 51.1 Å². The number of aromatic nitrogens is 1. The first kappa shape index (κ1) is 35.6. The minimum atomic E-state index is -4.01. The fourth-order valence-corrected chi connectivity index (χ4v) is 6.48. The number of aliphatic hydroxyl groups is 1. The number of para-hydroxylation sites is 1. The Bertz CT molecular complexity index is 1580. The first-order chi connectivity index (χ1) is 21.0. The summed E-state index contributed by atoms with van der Waals surface area (Å²) in [7, 11) is -4.01. The van der Waals surface area contributed by atoms with Crippen LogP contribution in [0.1, 0.15) is 57.1 Å². The predicted molar refractivity (Wildman–Crippen MR) is 173 cm³/mol. The summed E-state index contributed by atoms with van der Waals surface area (Å²) in [5.74, 6) is -2.35. The van der Waals surface area contributed by atoms with Gasteiger partial charge in [0, 0.05) is 24.0 Å². The van der Waals surface area contributed by atoms with Crippen molar-refractivity contribution in [2.75, 3.05) is 13.1 Å². The summed E-state index contributed by atoms with van der Waals surface area (Å²) in [6.45, 7) is 8.66. The molecule has 3 amide bonds. The second-order valence-corrected chi connectivity index (χ2v) is 14.2. The van der Waals surface area contributed by atoms with Crippen LogP contribution in [0.5, 0.6) is 0 Å². The quantitative estimate of drug-likeness (QED) is 0.168. The Labute approximate surface area is 265 Å². The molecule has 3 aromatic rings. The first-order valence-corrected chi connectivity index (χ1v) is 16.2. The molecule has 0 fully saturated rings. The summed E-state index contributed by atoms with van der Waals surface area (Å²) in [5, 5.41) is 17.6. The number of amides is 3. The van der Waals surface area contributed by atoms with Gasteiger partial charge in [-0.25, -0.2) is 4.98 Å². The van der Waals surface area contributed by atoms with Crippen LogP contribution in [-0.2, 0) is 26.2 Å². The molecule has 3 rings (SSSR count). The normalized spacial score (nSPS) is 14.2. The molecule has 0 spiro atoms. The van der Waals surface area contributed by atoms with Gasteiger partial charge in [0.2, 0.25) is 11.8 Å². The number of nitrogens with one attached hydrogen (secondary N) is 3. The van der Waals surface area contributed by atoms with Gasteiger partial charge in [-0.1, -0.05) is 68.4 Å². The number of fused-ring (bicyclic) bond motifs is 1. The molecule has 0 aliphatic heterocycles. The lowest BCUT2D eigenvalue weighted by Crippen LogP contribution is -2.57. The Morgan fingerprint density at radius 1 is 0.933 bits per heavy atom. The summed E-state index contributed by atoms with van der Waals surface area (Å²) in [4.78, 5) is 43.0. The number of carbonyl (C=O) groups is 3. The molecule has 45 heavy (non-hydrogen) atoms. The highest BCUT2D eigenvalue weighted by molar-refractivity contribution is 7.87. The van der Waals surface area contributed by atoms with E-state index in [-0.39, 0.29) is 31.1 Å². The van der Waals surface area contributed by atoms with Gasteiger partial charge in [-0.2, -0.15) is 17.4 Å². The molecule has 1 heterocycles. The summed E-state index contributed by atoms with van der Waals surface area (Å²) in [6, 6.07) is 17.1. The molecule has 6 N–H and O–H groups in total. The largest absolute Gasteiger partial charge is 0.390 e. The van der Waals surface area contributed by atoms with E-state index >= 15 is 0 Å². The van der Waals surface area contributed by atoms with Crippen molar-refractivity contribution < 1.29 is 27.9 Å². The Hall–Kier alpha value is -3.91. The predicted octanol–water partition coefficient (Wildman–Crippen LogP) is 1.89. The number of nitrogens with two attached hydrogens (primary N) is 1. The Morgan fingerprint density at radius 3 is 2.20 bits per heavy atom. The fourth-order valence-electron chi connectivity index (χ4n) is 4.74. The van der Waals surface area contributed by atoms with Crippen molar-refractivity contribution in [3.8, 4) is 0 Å². The highest BCUT2D eigenvalue weighted by Crippen LogP contribution is 2.15. The van der Waals surface area contributed by atoms with Gasteiger partial charge in [0.05, 0.1) is 24.1 Å². The SMILES string of the molecule is CC(C)CN(CC(O)[C@H](Cc1ccccc1)NC(=O)[C@H](CC(N)=O)NC(=O)c1ccc2ccccc2n1)S(=O)(=O)NC(C)(C)C. The van der Waals surface area contributed by atoms with E-state index in [2.05, 4.69) is 20.3 Å². The number of rotatable bonds is 15. The maximum absolute atomic E-state index is 13.6. The van der Waals surface area contributed by atoms with Gasteiger partial charge >= 0.3 is 0 Å². The number of primary amides is 1. The first-order valence-electron chi connectivity index (χ1n) is 14.8. The maximum Gasteiger partial charge on any atom is 0.280 e. The molecule has 0 radical (unpaired) electrons. The molecule has 13 heteroatoms. The van der Waals surface area contributed by atoms with Crippen molar-refractivity contribution in [1.82, 2.24) is 24.6 Å². The van der Waals surface area contributed by atoms with Gasteiger partial charge in [-0.05, 0) is 50.8 Å². The zero-order chi connectivity index (χ0) is 33.4. The number of pyridine rings is 1. The maximum atomic E-state index is 13.6. The highest BCUT2D eigenvalue weighted by Gasteiger charge is 2.34. The van der Waals surface area contributed by atoms with Crippen molar-refractivity contribution in [2.45, 2.75) is 71.2 Å². The monoisotopic (exact) mass is 640 g/mol. The summed E-state index contributed by atoms with van der Waals surface area (Å²) < 4.78 is 30.4. The number of hydrogen-bond donors (Lipinski definition) is 5. The number of hydrogen-bond acceptors (Lipinski definition) is 7. The number of carbonyl (C=O) groups excluding carboxylic acids is 3. The van der Waals surface area contributed by atoms with Crippen LogP contribution in [0.3, 0.4) is 0 Å². The van der Waals surface area contributed by atoms with Crippen LogP contribution in [0, 0.1) is 5.92 Å². The van der Waals surface area contributed by atoms with E-state index in [0.29, 0.717) is 5.52 Å². The van der Waals surface area contributed by atoms with Crippen LogP contribution in [-0.4, -0.2) is 77.4 Å². The lowest BCUT2D eigenvalue weighted by atomic mass is 10.00. The zero-order valence-electron chi connectivity index (χ0n) is 26.4. The molecule has 0 bridgehead atoms. The number of nitrogens with zero attached hydrogens (tertiary/aromatic N) is 2. The van der Waals surface area contributed by atoms with E-state index in [9.17, 15) is 27.9 Å². The third-order valence-electron chi connectivity index (χ3n) is 6.68. The molecule has 1 aromatic heterocycles. The van der Waals surface area contributed by atoms with Gasteiger partial charge in [0.1, 0.15) is 11.7 Å². The number of benzene rings is 2. The summed E-state index contributed by atoms with van der Waals surface area (Å²) in [5.41, 5.74) is 6.05. The topological polar surface area (TPSA) is 184 Å². The smallest absolute Gasteiger partial charge is 0.280 e. The number of aliphatic hydroxyl groups excluding tert-OH is 1. The van der Waals surface area contributed by atoms with Gasteiger partial charge in [0.15, 0.2) is 0 Å². The van der Waals surface area contributed by atoms with E-state index in [4.69, 9.17) is 5.73 Å². The van der Waals surface area contributed by atoms with Crippen LogP contribution < -0.4 is 21.1 Å². The van der Waals surface area contributed by atoms with Crippen molar-refractivity contribution in [1.29, 1.82) is 0 Å². The molecule has 0 aliphatic carbocycles. The average molecular weight is 641 g/mol. The van der Waals surface area contributed by atoms with Crippen molar-refractivity contribution in [3.05, 3.63) is 78.0 Å². The van der Waals surface area contributed by atoms with Crippen molar-refractivity contribution >= 4 is 38.8 Å². The highest BCUT2D eigenvalue weighted by atomic mass is 32.2. The van der Waals surface area contributed by atoms with E-state index in [1.165, 1.54) is 6.07 Å². The molecular weight excluding hydrogens is 596 g/mol. The molecule has 1 unspecified atom stereocenters. The average Bonchev–Trinajstić information content (AvgIpc) is 2.94. The lowest BCUT2D eigenvalue weighted by molar-refractivity contribution is -0.128. The standard InChI is InChI=1S/C32H44N6O6S/c1-21(2)19-38(45(43,44)37-32(3,4)5)20-28(39)26(17-22-11-7-6-8-12-22)35-31(42)27(18-29(33)40)36-30(41)25-16-15-23-13-9-10-14-24(23)34-25/h6-16,21,26-28,37,39H,17-20H2,1-5H3,(H2,33,40)(H,35,42)(H,36,41)/t26-,27-,28?/m0/s1. The minimum absolute atomic E-state index is 0.0396. The summed E-state index contributed by atoms with van der Waals surface area (Å²) >= 11 is 0. The Morgan fingerprint density at radius 2 is 1.58 bits per heavy atom. The van der Waals surface area contributed by atoms with E-state index < -0.39 is 58.1 Å². The second kappa shape index (κ2) is 15.4. The van der Waals surface area contributed by atoms with Crippen LogP contribution in [0.25, 0.3) is 10.9 Å². The van der Waals surface area contributed by atoms with Gasteiger partial charge in [-0.15, -0.1) is 0 Å². The van der Waals surface area contributed by atoms with Crippen LogP contribution in [0.4, 0.5) is 0 Å². The van der Waals surface area contributed by atoms with Crippen molar-refractivity contribution in [2.24, 2.45) is 11.7 Å². The zero-order valence-corrected chi connectivity index (χ0v) is 27.2. The van der Waals surface area contributed by atoms with Crippen molar-refractivity contribution in [3.63, 3.8) is 0 Å². The summed E-state index contributed by atoms with van der Waals surface area (Å²) in [6.07, 6.45) is -1.74. The fraction of sp³-hybridized carbons (Fsp3) is 0.438. The molecule has 3 atom stereocenters. The Balaban J connectivity index is 1.87. The minimum Gasteiger partial charge on any atom is -0.390 e. The molecule has 0 saturated carbocycles. The van der Waals surface area contributed by atoms with Crippen LogP contribution in [0.2, 0.25) is 0 Å². The van der Waals surface area contributed by atoms with Gasteiger partial charge in [-0.3, -0.25) is 14.4 Å². The van der Waals surface area contributed by atoms with Crippen LogP contribution >= 0.6 is 0 Å².